The molecular formula is C16H16N6. The van der Waals surface area contributed by atoms with Crippen LogP contribution in [0.15, 0.2) is 55.1 Å². The maximum Gasteiger partial charge on any atom is 0.143 e. The SMILES string of the molecule is Cc1ccc(-n2cnnn2)cc1NC/C=C/c1ccncc1. The molecule has 0 saturated heterocycles. The normalized spacial score (nSPS) is 11.0. The van der Waals surface area contributed by atoms with Gasteiger partial charge in [-0.25, -0.2) is 4.68 Å². The van der Waals surface area contributed by atoms with Crippen molar-refractivity contribution in [2.75, 3.05) is 11.9 Å². The second-order valence-corrected chi connectivity index (χ2v) is 4.82. The molecule has 0 aliphatic heterocycles. The standard InChI is InChI=1S/C16H16N6/c1-13-4-5-15(22-12-19-20-21-22)11-16(13)18-8-2-3-14-6-9-17-10-7-14/h2-7,9-12,18H,8H2,1H3/b3-2+. The fourth-order valence-corrected chi connectivity index (χ4v) is 2.06. The highest BCUT2D eigenvalue weighted by Crippen LogP contribution is 2.18. The highest BCUT2D eigenvalue weighted by Gasteiger charge is 2.02. The largest absolute Gasteiger partial charge is 0.381 e. The molecule has 22 heavy (non-hydrogen) atoms. The van der Waals surface area contributed by atoms with Gasteiger partial charge >= 0.3 is 0 Å². The van der Waals surface area contributed by atoms with Gasteiger partial charge in [0.1, 0.15) is 6.33 Å². The first kappa shape index (κ1) is 13.9. The summed E-state index contributed by atoms with van der Waals surface area (Å²) in [4.78, 5) is 4.00. The van der Waals surface area contributed by atoms with Crippen LogP contribution in [-0.2, 0) is 0 Å². The zero-order chi connectivity index (χ0) is 15.2. The highest BCUT2D eigenvalue weighted by atomic mass is 15.5. The molecule has 6 nitrogen and oxygen atoms in total. The van der Waals surface area contributed by atoms with Crippen molar-refractivity contribution in [1.82, 2.24) is 25.2 Å². The van der Waals surface area contributed by atoms with Crippen molar-refractivity contribution in [3.63, 3.8) is 0 Å². The Morgan fingerprint density at radius 2 is 2.05 bits per heavy atom. The van der Waals surface area contributed by atoms with Gasteiger partial charge in [0.05, 0.1) is 5.69 Å². The van der Waals surface area contributed by atoms with Crippen LogP contribution in [0.4, 0.5) is 5.69 Å². The lowest BCUT2D eigenvalue weighted by atomic mass is 10.1. The number of hydrogen-bond acceptors (Lipinski definition) is 5. The maximum absolute atomic E-state index is 4.00. The molecule has 0 bridgehead atoms. The fourth-order valence-electron chi connectivity index (χ4n) is 2.06. The van der Waals surface area contributed by atoms with Crippen LogP contribution in [-0.4, -0.2) is 31.7 Å². The predicted octanol–water partition coefficient (Wildman–Crippen LogP) is 2.49. The number of tetrazole rings is 1. The molecule has 6 heteroatoms. The Balaban J connectivity index is 1.67. The van der Waals surface area contributed by atoms with Gasteiger partial charge in [0.15, 0.2) is 0 Å². The van der Waals surface area contributed by atoms with E-state index in [1.165, 1.54) is 5.56 Å². The minimum atomic E-state index is 0.738. The van der Waals surface area contributed by atoms with Crippen LogP contribution in [0.2, 0.25) is 0 Å². The van der Waals surface area contributed by atoms with Gasteiger partial charge in [-0.1, -0.05) is 18.2 Å². The first-order valence-corrected chi connectivity index (χ1v) is 6.97. The number of rotatable bonds is 5. The Morgan fingerprint density at radius 3 is 2.82 bits per heavy atom. The minimum absolute atomic E-state index is 0.738. The third-order valence-corrected chi connectivity index (χ3v) is 3.26. The van der Waals surface area contributed by atoms with E-state index < -0.39 is 0 Å². The summed E-state index contributed by atoms with van der Waals surface area (Å²) < 4.78 is 1.64. The smallest absolute Gasteiger partial charge is 0.143 e. The zero-order valence-corrected chi connectivity index (χ0v) is 12.2. The Labute approximate surface area is 128 Å². The van der Waals surface area contributed by atoms with E-state index in [1.54, 1.807) is 23.4 Å². The molecule has 0 unspecified atom stereocenters. The minimum Gasteiger partial charge on any atom is -0.381 e. The van der Waals surface area contributed by atoms with Crippen LogP contribution < -0.4 is 5.32 Å². The van der Waals surface area contributed by atoms with E-state index in [1.807, 2.05) is 30.3 Å². The van der Waals surface area contributed by atoms with Crippen molar-refractivity contribution < 1.29 is 0 Å². The number of anilines is 1. The lowest BCUT2D eigenvalue weighted by Gasteiger charge is -2.09. The summed E-state index contributed by atoms with van der Waals surface area (Å²) in [6.45, 7) is 2.81. The van der Waals surface area contributed by atoms with Crippen molar-refractivity contribution in [3.05, 3.63) is 66.3 Å². The van der Waals surface area contributed by atoms with E-state index in [-0.39, 0.29) is 0 Å². The molecule has 0 saturated carbocycles. The summed E-state index contributed by atoms with van der Waals surface area (Å²) in [5, 5.41) is 14.6. The zero-order valence-electron chi connectivity index (χ0n) is 12.2. The molecule has 0 aliphatic carbocycles. The van der Waals surface area contributed by atoms with Crippen molar-refractivity contribution in [2.24, 2.45) is 0 Å². The van der Waals surface area contributed by atoms with Crippen LogP contribution in [0, 0.1) is 6.92 Å². The number of aromatic nitrogens is 5. The van der Waals surface area contributed by atoms with Gasteiger partial charge in [0, 0.05) is 24.6 Å². The molecule has 3 rings (SSSR count). The number of hydrogen-bond donors (Lipinski definition) is 1. The third kappa shape index (κ3) is 3.35. The molecule has 1 aromatic carbocycles. The van der Waals surface area contributed by atoms with E-state index in [0.29, 0.717) is 0 Å². The number of benzene rings is 1. The lowest BCUT2D eigenvalue weighted by molar-refractivity contribution is 0.789. The molecule has 0 spiro atoms. The molecule has 2 heterocycles. The summed E-state index contributed by atoms with van der Waals surface area (Å²) in [6.07, 6.45) is 9.30. The van der Waals surface area contributed by atoms with E-state index in [4.69, 9.17) is 0 Å². The Bertz CT molecular complexity index is 750. The quantitative estimate of drug-likeness (QED) is 0.782. The summed E-state index contributed by atoms with van der Waals surface area (Å²) in [5.74, 6) is 0. The molecule has 1 N–H and O–H groups in total. The number of nitrogens with zero attached hydrogens (tertiary/aromatic N) is 5. The Kier molecular flexibility index (Phi) is 4.20. The summed E-state index contributed by atoms with van der Waals surface area (Å²) in [7, 11) is 0. The van der Waals surface area contributed by atoms with Gasteiger partial charge < -0.3 is 5.32 Å². The second kappa shape index (κ2) is 6.62. The number of aryl methyl sites for hydroxylation is 1. The first-order valence-electron chi connectivity index (χ1n) is 6.97. The number of nitrogens with one attached hydrogen (secondary N) is 1. The molecule has 3 aromatic rings. The Hall–Kier alpha value is -3.02. The van der Waals surface area contributed by atoms with E-state index in [0.717, 1.165) is 23.5 Å². The number of pyridine rings is 1. The van der Waals surface area contributed by atoms with Gasteiger partial charge in [0.2, 0.25) is 0 Å². The van der Waals surface area contributed by atoms with Crippen LogP contribution in [0.3, 0.4) is 0 Å². The van der Waals surface area contributed by atoms with Crippen LogP contribution in [0.25, 0.3) is 11.8 Å². The molecule has 0 amide bonds. The fraction of sp³-hybridized carbons (Fsp3) is 0.125. The highest BCUT2D eigenvalue weighted by molar-refractivity contribution is 5.57. The monoisotopic (exact) mass is 292 g/mol. The predicted molar refractivity (Wildman–Crippen MR) is 85.7 cm³/mol. The third-order valence-electron chi connectivity index (χ3n) is 3.26. The maximum atomic E-state index is 4.00. The molecule has 0 radical (unpaired) electrons. The van der Waals surface area contributed by atoms with Crippen molar-refractivity contribution >= 4 is 11.8 Å². The molecule has 110 valence electrons. The van der Waals surface area contributed by atoms with Crippen LogP contribution >= 0.6 is 0 Å². The lowest BCUT2D eigenvalue weighted by Crippen LogP contribution is -2.02. The van der Waals surface area contributed by atoms with Crippen molar-refractivity contribution in [2.45, 2.75) is 6.92 Å². The molecule has 2 aromatic heterocycles. The second-order valence-electron chi connectivity index (χ2n) is 4.82. The summed E-state index contributed by atoms with van der Waals surface area (Å²) in [5.41, 5.74) is 4.30. The van der Waals surface area contributed by atoms with E-state index in [9.17, 15) is 0 Å². The topological polar surface area (TPSA) is 68.5 Å². The van der Waals surface area contributed by atoms with Crippen molar-refractivity contribution in [1.29, 1.82) is 0 Å². The van der Waals surface area contributed by atoms with E-state index in [2.05, 4.69) is 44.9 Å². The first-order chi connectivity index (χ1) is 10.8. The van der Waals surface area contributed by atoms with Gasteiger partial charge in [-0.05, 0) is 52.7 Å². The average molecular weight is 292 g/mol. The molecule has 0 fully saturated rings. The van der Waals surface area contributed by atoms with Crippen LogP contribution in [0.1, 0.15) is 11.1 Å². The Morgan fingerprint density at radius 1 is 1.18 bits per heavy atom. The van der Waals surface area contributed by atoms with Gasteiger partial charge in [-0.3, -0.25) is 4.98 Å². The average Bonchev–Trinajstić information content (AvgIpc) is 3.08. The van der Waals surface area contributed by atoms with Gasteiger partial charge in [-0.15, -0.1) is 5.10 Å². The molecule has 0 aliphatic rings. The van der Waals surface area contributed by atoms with Gasteiger partial charge in [-0.2, -0.15) is 0 Å². The summed E-state index contributed by atoms with van der Waals surface area (Å²) >= 11 is 0. The van der Waals surface area contributed by atoms with Crippen LogP contribution in [0.5, 0.6) is 0 Å². The molecule has 0 atom stereocenters. The van der Waals surface area contributed by atoms with Gasteiger partial charge in [0.25, 0.3) is 0 Å². The molecular weight excluding hydrogens is 276 g/mol. The van der Waals surface area contributed by atoms with E-state index >= 15 is 0 Å². The van der Waals surface area contributed by atoms with Crippen molar-refractivity contribution in [3.8, 4) is 5.69 Å². The summed E-state index contributed by atoms with van der Waals surface area (Å²) in [6, 6.07) is 10.0.